The summed E-state index contributed by atoms with van der Waals surface area (Å²) in [7, 11) is 0. The maximum absolute atomic E-state index is 11.8. The van der Waals surface area contributed by atoms with Crippen molar-refractivity contribution >= 4 is 0 Å². The van der Waals surface area contributed by atoms with Gasteiger partial charge in [-0.2, -0.15) is 0 Å². The summed E-state index contributed by atoms with van der Waals surface area (Å²) in [6.45, 7) is 6.91. The average molecular weight is 473 g/mol. The highest BCUT2D eigenvalue weighted by atomic mass is 19.1. The second kappa shape index (κ2) is 23.9. The van der Waals surface area contributed by atoms with Crippen molar-refractivity contribution in [1.82, 2.24) is 0 Å². The molecule has 0 spiro atoms. The molecule has 0 fully saturated rings. The lowest BCUT2D eigenvalue weighted by atomic mass is 10.0. The van der Waals surface area contributed by atoms with Crippen molar-refractivity contribution in [2.75, 3.05) is 79.4 Å². The standard InChI is InChI=1S/C26H45FO6/c1-2-3-4-5-6-7-8-25-9-11-26(12-10-25)33-24-23-32-22-21-31-20-19-30-18-17-29-16-15-28-14-13-27/h9-12H,2-8,13-24H2,1H3. The molecular weight excluding hydrogens is 427 g/mol. The van der Waals surface area contributed by atoms with Crippen LogP contribution in [-0.4, -0.2) is 79.4 Å². The van der Waals surface area contributed by atoms with E-state index in [0.717, 1.165) is 12.2 Å². The van der Waals surface area contributed by atoms with Gasteiger partial charge < -0.3 is 28.4 Å². The highest BCUT2D eigenvalue weighted by Gasteiger charge is 1.98. The van der Waals surface area contributed by atoms with Crippen LogP contribution < -0.4 is 4.74 Å². The third-order valence-electron chi connectivity index (χ3n) is 4.95. The molecule has 1 rings (SSSR count). The first-order chi connectivity index (χ1) is 16.4. The average Bonchev–Trinajstić information content (AvgIpc) is 2.84. The monoisotopic (exact) mass is 472 g/mol. The Kier molecular flexibility index (Phi) is 21.6. The highest BCUT2D eigenvalue weighted by molar-refractivity contribution is 5.27. The summed E-state index contributed by atoms with van der Waals surface area (Å²) in [5.41, 5.74) is 1.38. The van der Waals surface area contributed by atoms with Crippen LogP contribution in [0.15, 0.2) is 24.3 Å². The zero-order valence-electron chi connectivity index (χ0n) is 20.6. The van der Waals surface area contributed by atoms with Gasteiger partial charge in [0.1, 0.15) is 19.0 Å². The Morgan fingerprint density at radius 1 is 0.545 bits per heavy atom. The van der Waals surface area contributed by atoms with Crippen molar-refractivity contribution in [2.24, 2.45) is 0 Å². The fourth-order valence-electron chi connectivity index (χ4n) is 3.12. The lowest BCUT2D eigenvalue weighted by Crippen LogP contribution is -2.14. The first kappa shape index (κ1) is 29.8. The summed E-state index contributed by atoms with van der Waals surface area (Å²) in [6.07, 6.45) is 9.11. The minimum Gasteiger partial charge on any atom is -0.491 e. The largest absolute Gasteiger partial charge is 0.491 e. The van der Waals surface area contributed by atoms with E-state index >= 15 is 0 Å². The van der Waals surface area contributed by atoms with E-state index in [1.165, 1.54) is 44.1 Å². The number of aryl methyl sites for hydroxylation is 1. The number of hydrogen-bond acceptors (Lipinski definition) is 6. The van der Waals surface area contributed by atoms with Gasteiger partial charge in [0.15, 0.2) is 0 Å². The third kappa shape index (κ3) is 19.9. The van der Waals surface area contributed by atoms with Crippen LogP contribution >= 0.6 is 0 Å². The second-order valence-electron chi connectivity index (χ2n) is 7.76. The summed E-state index contributed by atoms with van der Waals surface area (Å²) < 4.78 is 44.1. The molecule has 0 saturated carbocycles. The molecule has 0 bridgehead atoms. The first-order valence-corrected chi connectivity index (χ1v) is 12.5. The molecule has 1 aromatic rings. The topological polar surface area (TPSA) is 55.4 Å². The molecule has 0 unspecified atom stereocenters. The minimum atomic E-state index is -0.463. The third-order valence-corrected chi connectivity index (χ3v) is 4.95. The zero-order chi connectivity index (χ0) is 23.7. The van der Waals surface area contributed by atoms with Crippen molar-refractivity contribution in [3.8, 4) is 5.75 Å². The normalized spacial score (nSPS) is 11.2. The van der Waals surface area contributed by atoms with Gasteiger partial charge in [0.05, 0.1) is 66.1 Å². The van der Waals surface area contributed by atoms with Crippen molar-refractivity contribution in [3.05, 3.63) is 29.8 Å². The molecule has 0 atom stereocenters. The Hall–Kier alpha value is -1.25. The number of rotatable bonds is 25. The molecule has 0 radical (unpaired) electrons. The van der Waals surface area contributed by atoms with Crippen LogP contribution in [0.2, 0.25) is 0 Å². The minimum absolute atomic E-state index is 0.126. The molecule has 0 saturated heterocycles. The molecule has 0 aliphatic carbocycles. The van der Waals surface area contributed by atoms with Crippen LogP contribution in [0.5, 0.6) is 5.75 Å². The van der Waals surface area contributed by atoms with E-state index in [1.54, 1.807) is 0 Å². The van der Waals surface area contributed by atoms with Crippen LogP contribution in [-0.2, 0) is 30.1 Å². The maximum atomic E-state index is 11.8. The van der Waals surface area contributed by atoms with Gasteiger partial charge in [-0.15, -0.1) is 0 Å². The van der Waals surface area contributed by atoms with E-state index in [-0.39, 0.29) is 6.61 Å². The van der Waals surface area contributed by atoms with Gasteiger partial charge in [0.25, 0.3) is 0 Å². The summed E-state index contributed by atoms with van der Waals surface area (Å²) in [6, 6.07) is 8.41. The van der Waals surface area contributed by atoms with Crippen LogP contribution in [0.25, 0.3) is 0 Å². The maximum Gasteiger partial charge on any atom is 0.119 e. The number of unbranched alkanes of at least 4 members (excludes halogenated alkanes) is 5. The molecule has 192 valence electrons. The van der Waals surface area contributed by atoms with Crippen molar-refractivity contribution < 1.29 is 32.8 Å². The van der Waals surface area contributed by atoms with E-state index in [4.69, 9.17) is 28.4 Å². The fraction of sp³-hybridized carbons (Fsp3) is 0.769. The summed E-state index contributed by atoms with van der Waals surface area (Å²) in [5, 5.41) is 0. The van der Waals surface area contributed by atoms with Gasteiger partial charge >= 0.3 is 0 Å². The Bertz CT molecular complexity index is 514. The van der Waals surface area contributed by atoms with E-state index in [1.807, 2.05) is 12.1 Å². The number of hydrogen-bond donors (Lipinski definition) is 0. The fourth-order valence-corrected chi connectivity index (χ4v) is 3.12. The molecular formula is C26H45FO6. The second-order valence-corrected chi connectivity index (χ2v) is 7.76. The van der Waals surface area contributed by atoms with Crippen LogP contribution in [0.1, 0.15) is 51.0 Å². The predicted octanol–water partition coefficient (Wildman–Crippen LogP) is 5.02. The van der Waals surface area contributed by atoms with Crippen LogP contribution in [0.4, 0.5) is 4.39 Å². The molecule has 0 aliphatic heterocycles. The quantitative estimate of drug-likeness (QED) is 0.186. The van der Waals surface area contributed by atoms with E-state index in [9.17, 15) is 4.39 Å². The molecule has 0 aromatic heterocycles. The molecule has 0 aliphatic rings. The molecule has 0 amide bonds. The van der Waals surface area contributed by atoms with Crippen molar-refractivity contribution in [3.63, 3.8) is 0 Å². The molecule has 0 heterocycles. The van der Waals surface area contributed by atoms with E-state index < -0.39 is 6.67 Å². The Morgan fingerprint density at radius 2 is 1.00 bits per heavy atom. The van der Waals surface area contributed by atoms with Gasteiger partial charge in [0.2, 0.25) is 0 Å². The zero-order valence-corrected chi connectivity index (χ0v) is 20.6. The number of ether oxygens (including phenoxy) is 6. The van der Waals surface area contributed by atoms with Crippen molar-refractivity contribution in [2.45, 2.75) is 51.9 Å². The van der Waals surface area contributed by atoms with Crippen LogP contribution in [0, 0.1) is 0 Å². The predicted molar refractivity (Wildman–Crippen MR) is 129 cm³/mol. The Morgan fingerprint density at radius 3 is 1.52 bits per heavy atom. The molecule has 1 aromatic carbocycles. The van der Waals surface area contributed by atoms with Gasteiger partial charge in [0, 0.05) is 0 Å². The number of alkyl halides is 1. The van der Waals surface area contributed by atoms with Gasteiger partial charge in [-0.05, 0) is 30.5 Å². The molecule has 0 N–H and O–H groups in total. The summed E-state index contributed by atoms with van der Waals surface area (Å²) in [5.74, 6) is 0.884. The van der Waals surface area contributed by atoms with E-state index in [0.29, 0.717) is 66.1 Å². The lowest BCUT2D eigenvalue weighted by molar-refractivity contribution is -0.0133. The Labute approximate surface area is 200 Å². The highest BCUT2D eigenvalue weighted by Crippen LogP contribution is 2.15. The molecule has 7 heteroatoms. The van der Waals surface area contributed by atoms with Gasteiger partial charge in [-0.1, -0.05) is 51.2 Å². The SMILES string of the molecule is CCCCCCCCc1ccc(OCCOCCOCCOCCOCCOCCF)cc1. The Balaban J connectivity index is 1.82. The van der Waals surface area contributed by atoms with E-state index in [2.05, 4.69) is 19.1 Å². The lowest BCUT2D eigenvalue weighted by Gasteiger charge is -2.09. The number of benzene rings is 1. The number of halogens is 1. The van der Waals surface area contributed by atoms with Gasteiger partial charge in [-0.3, -0.25) is 0 Å². The molecule has 33 heavy (non-hydrogen) atoms. The van der Waals surface area contributed by atoms with Gasteiger partial charge in [-0.25, -0.2) is 4.39 Å². The summed E-state index contributed by atoms with van der Waals surface area (Å²) >= 11 is 0. The van der Waals surface area contributed by atoms with Crippen LogP contribution in [0.3, 0.4) is 0 Å². The molecule has 6 nitrogen and oxygen atoms in total. The first-order valence-electron chi connectivity index (χ1n) is 12.5. The smallest absolute Gasteiger partial charge is 0.119 e. The van der Waals surface area contributed by atoms with Crippen molar-refractivity contribution in [1.29, 1.82) is 0 Å². The summed E-state index contributed by atoms with van der Waals surface area (Å²) in [4.78, 5) is 0.